The number of hydrogen-bond donors (Lipinski definition) is 0. The Morgan fingerprint density at radius 1 is 1.26 bits per heavy atom. The van der Waals surface area contributed by atoms with Gasteiger partial charge in [-0.25, -0.2) is 0 Å². The molecule has 0 bridgehead atoms. The van der Waals surface area contributed by atoms with Gasteiger partial charge in [-0.1, -0.05) is 13.8 Å². The van der Waals surface area contributed by atoms with Gasteiger partial charge < -0.3 is 14.2 Å². The van der Waals surface area contributed by atoms with E-state index < -0.39 is 0 Å². The van der Waals surface area contributed by atoms with Crippen LogP contribution in [0.25, 0.3) is 0 Å². The summed E-state index contributed by atoms with van der Waals surface area (Å²) in [5.74, 6) is 1.63. The van der Waals surface area contributed by atoms with Crippen LogP contribution in [0.15, 0.2) is 4.42 Å². The molecule has 1 unspecified atom stereocenters. The molecule has 27 heavy (non-hydrogen) atoms. The van der Waals surface area contributed by atoms with Crippen LogP contribution in [0, 0.1) is 5.41 Å². The van der Waals surface area contributed by atoms with Crippen LogP contribution in [0.5, 0.6) is 0 Å². The quantitative estimate of drug-likeness (QED) is 0.794. The summed E-state index contributed by atoms with van der Waals surface area (Å²) in [6.07, 6.45) is 2.78. The zero-order chi connectivity index (χ0) is 19.8. The highest BCUT2D eigenvalue weighted by molar-refractivity contribution is 5.77. The molecule has 1 aromatic rings. The summed E-state index contributed by atoms with van der Waals surface area (Å²) < 4.78 is 5.94. The van der Waals surface area contributed by atoms with Gasteiger partial charge in [-0.3, -0.25) is 14.5 Å². The normalized spacial score (nSPS) is 22.6. The van der Waals surface area contributed by atoms with Gasteiger partial charge >= 0.3 is 0 Å². The Labute approximate surface area is 160 Å². The van der Waals surface area contributed by atoms with Crippen LogP contribution >= 0.6 is 0 Å². The molecule has 1 atom stereocenters. The molecule has 0 saturated carbocycles. The number of carbonyl (C=O) groups is 2. The summed E-state index contributed by atoms with van der Waals surface area (Å²) in [6.45, 7) is 8.40. The Morgan fingerprint density at radius 3 is 2.44 bits per heavy atom. The number of aromatic nitrogens is 2. The van der Waals surface area contributed by atoms with Gasteiger partial charge in [0.2, 0.25) is 23.6 Å². The van der Waals surface area contributed by atoms with Gasteiger partial charge in [0.05, 0.1) is 12.6 Å². The Bertz CT molecular complexity index is 691. The molecular weight excluding hydrogens is 346 g/mol. The van der Waals surface area contributed by atoms with Crippen molar-refractivity contribution >= 4 is 11.8 Å². The second-order valence-corrected chi connectivity index (χ2v) is 8.55. The minimum atomic E-state index is -0.0437. The topological polar surface area (TPSA) is 82.8 Å². The molecule has 8 nitrogen and oxygen atoms in total. The first-order valence-corrected chi connectivity index (χ1v) is 9.74. The molecule has 0 N–H and O–H groups in total. The van der Waals surface area contributed by atoms with Crippen LogP contribution in [-0.2, 0) is 9.59 Å². The molecule has 0 aromatic carbocycles. The Hall–Kier alpha value is -1.96. The van der Waals surface area contributed by atoms with E-state index in [2.05, 4.69) is 15.1 Å². The number of likely N-dealkylation sites (N-methyl/N-ethyl adjacent to an activating group) is 1. The van der Waals surface area contributed by atoms with E-state index in [-0.39, 0.29) is 29.2 Å². The van der Waals surface area contributed by atoms with Gasteiger partial charge in [0, 0.05) is 46.6 Å². The second kappa shape index (κ2) is 7.58. The molecule has 2 fully saturated rings. The lowest BCUT2D eigenvalue weighted by atomic mass is 9.76. The lowest BCUT2D eigenvalue weighted by Gasteiger charge is -2.39. The zero-order valence-electron chi connectivity index (χ0n) is 17.1. The third-order valence-corrected chi connectivity index (χ3v) is 5.95. The fraction of sp³-hybridized carbons (Fsp3) is 0.789. The van der Waals surface area contributed by atoms with Gasteiger partial charge in [-0.15, -0.1) is 10.2 Å². The molecular formula is C19H31N5O3. The maximum atomic E-state index is 12.4. The fourth-order valence-corrected chi connectivity index (χ4v) is 4.14. The Kier molecular flexibility index (Phi) is 5.55. The molecule has 150 valence electrons. The predicted octanol–water partition coefficient (Wildman–Crippen LogP) is 1.66. The van der Waals surface area contributed by atoms with E-state index in [0.717, 1.165) is 38.9 Å². The van der Waals surface area contributed by atoms with Crippen molar-refractivity contribution in [2.45, 2.75) is 52.0 Å². The van der Waals surface area contributed by atoms with E-state index >= 15 is 0 Å². The minimum absolute atomic E-state index is 0.0437. The first-order chi connectivity index (χ1) is 12.7. The molecule has 2 aliphatic rings. The Balaban J connectivity index is 1.80. The molecule has 3 rings (SSSR count). The van der Waals surface area contributed by atoms with E-state index in [4.69, 9.17) is 4.42 Å². The van der Waals surface area contributed by atoms with Crippen LogP contribution in [0.3, 0.4) is 0 Å². The molecule has 0 aliphatic carbocycles. The molecule has 3 heterocycles. The third kappa shape index (κ3) is 4.15. The Morgan fingerprint density at radius 2 is 1.93 bits per heavy atom. The smallest absolute Gasteiger partial charge is 0.236 e. The average Bonchev–Trinajstić information content (AvgIpc) is 3.21. The summed E-state index contributed by atoms with van der Waals surface area (Å²) in [4.78, 5) is 29.8. The number of rotatable bonds is 4. The van der Waals surface area contributed by atoms with Crippen molar-refractivity contribution in [3.05, 3.63) is 11.8 Å². The first kappa shape index (κ1) is 19.8. The molecule has 2 saturated heterocycles. The van der Waals surface area contributed by atoms with Crippen LogP contribution < -0.4 is 0 Å². The van der Waals surface area contributed by atoms with Crippen molar-refractivity contribution < 1.29 is 14.0 Å². The van der Waals surface area contributed by atoms with Gasteiger partial charge in [0.25, 0.3) is 0 Å². The second-order valence-electron chi connectivity index (χ2n) is 8.55. The van der Waals surface area contributed by atoms with Crippen molar-refractivity contribution in [1.29, 1.82) is 0 Å². The number of piperidine rings is 1. The lowest BCUT2D eigenvalue weighted by molar-refractivity contribution is -0.131. The van der Waals surface area contributed by atoms with Crippen LogP contribution in [0.2, 0.25) is 0 Å². The summed E-state index contributed by atoms with van der Waals surface area (Å²) >= 11 is 0. The summed E-state index contributed by atoms with van der Waals surface area (Å²) in [5, 5.41) is 8.48. The maximum absolute atomic E-state index is 12.4. The van der Waals surface area contributed by atoms with Crippen molar-refractivity contribution in [3.8, 4) is 0 Å². The number of nitrogens with zero attached hydrogens (tertiary/aromatic N) is 5. The largest absolute Gasteiger partial charge is 0.423 e. The molecule has 1 aromatic heterocycles. The summed E-state index contributed by atoms with van der Waals surface area (Å²) in [5.41, 5.74) is 0.0929. The van der Waals surface area contributed by atoms with Crippen molar-refractivity contribution in [2.75, 3.05) is 40.3 Å². The van der Waals surface area contributed by atoms with Gasteiger partial charge in [0.15, 0.2) is 0 Å². The number of amides is 2. The van der Waals surface area contributed by atoms with Crippen molar-refractivity contribution in [2.24, 2.45) is 5.41 Å². The molecule has 8 heteroatoms. The standard InChI is InChI=1S/C19H31N5O3/c1-13(2)17-20-21-18(27-17)15-10-19(6-8-23(9-7-19)14(3)25)12-24(15)11-16(26)22(4)5/h13,15H,6-12H2,1-5H3. The zero-order valence-corrected chi connectivity index (χ0v) is 17.1. The lowest BCUT2D eigenvalue weighted by Crippen LogP contribution is -2.44. The number of carbonyl (C=O) groups excluding carboxylic acids is 2. The first-order valence-electron chi connectivity index (χ1n) is 9.74. The summed E-state index contributed by atoms with van der Waals surface area (Å²) in [6, 6.07) is -0.0437. The highest BCUT2D eigenvalue weighted by atomic mass is 16.4. The van der Waals surface area contributed by atoms with Gasteiger partial charge in [-0.2, -0.15) is 0 Å². The number of likely N-dealkylation sites (tertiary alicyclic amines) is 2. The predicted molar refractivity (Wildman–Crippen MR) is 99.9 cm³/mol. The third-order valence-electron chi connectivity index (χ3n) is 5.95. The van der Waals surface area contributed by atoms with Crippen molar-refractivity contribution in [1.82, 2.24) is 24.9 Å². The fourth-order valence-electron chi connectivity index (χ4n) is 4.14. The van der Waals surface area contributed by atoms with E-state index in [9.17, 15) is 9.59 Å². The van der Waals surface area contributed by atoms with Gasteiger partial charge in [0.1, 0.15) is 0 Å². The molecule has 2 aliphatic heterocycles. The van der Waals surface area contributed by atoms with E-state index in [0.29, 0.717) is 18.3 Å². The molecule has 0 radical (unpaired) electrons. The van der Waals surface area contributed by atoms with Crippen molar-refractivity contribution in [3.63, 3.8) is 0 Å². The van der Waals surface area contributed by atoms with Crippen LogP contribution in [0.4, 0.5) is 0 Å². The average molecular weight is 377 g/mol. The van der Waals surface area contributed by atoms with Gasteiger partial charge in [-0.05, 0) is 24.7 Å². The number of hydrogen-bond acceptors (Lipinski definition) is 6. The maximum Gasteiger partial charge on any atom is 0.236 e. The van der Waals surface area contributed by atoms with Crippen LogP contribution in [-0.4, -0.2) is 77.0 Å². The summed E-state index contributed by atoms with van der Waals surface area (Å²) in [7, 11) is 3.55. The minimum Gasteiger partial charge on any atom is -0.423 e. The molecule has 1 spiro atoms. The van der Waals surface area contributed by atoms with E-state index in [1.807, 2.05) is 18.7 Å². The SMILES string of the molecule is CC(=O)N1CCC2(CC1)CC(c1nnc(C(C)C)o1)N(CC(=O)N(C)C)C2. The van der Waals surface area contributed by atoms with E-state index in [1.165, 1.54) is 0 Å². The van der Waals surface area contributed by atoms with E-state index in [1.54, 1.807) is 25.9 Å². The molecule has 2 amide bonds. The van der Waals surface area contributed by atoms with Crippen LogP contribution in [0.1, 0.15) is 63.8 Å². The highest BCUT2D eigenvalue weighted by Crippen LogP contribution is 2.48. The highest BCUT2D eigenvalue weighted by Gasteiger charge is 2.48. The monoisotopic (exact) mass is 377 g/mol.